The summed E-state index contributed by atoms with van der Waals surface area (Å²) >= 11 is 3.55. The number of nitrogens with zero attached hydrogens (tertiary/aromatic N) is 1. The van der Waals surface area contributed by atoms with Gasteiger partial charge in [-0.25, -0.2) is 9.18 Å². The Balaban J connectivity index is 1.82. The highest BCUT2D eigenvalue weighted by molar-refractivity contribution is 9.11. The molecule has 3 nitrogen and oxygen atoms in total. The van der Waals surface area contributed by atoms with Crippen LogP contribution in [0.5, 0.6) is 0 Å². The number of cyclic esters (lactones) is 1. The van der Waals surface area contributed by atoms with E-state index in [0.717, 1.165) is 12.0 Å². The maximum absolute atomic E-state index is 13.3. The third-order valence-corrected chi connectivity index (χ3v) is 6.18. The Morgan fingerprint density at radius 3 is 2.70 bits per heavy atom. The Labute approximate surface area is 168 Å². The van der Waals surface area contributed by atoms with E-state index in [1.54, 1.807) is 23.1 Å². The molecule has 0 radical (unpaired) electrons. The van der Waals surface area contributed by atoms with Crippen LogP contribution in [-0.4, -0.2) is 23.6 Å². The van der Waals surface area contributed by atoms with Crippen LogP contribution in [0.1, 0.15) is 38.7 Å². The van der Waals surface area contributed by atoms with E-state index in [0.29, 0.717) is 25.3 Å². The normalized spacial score (nSPS) is 26.7. The van der Waals surface area contributed by atoms with E-state index >= 15 is 0 Å². The number of amides is 1. The highest BCUT2D eigenvalue weighted by Crippen LogP contribution is 2.40. The Kier molecular flexibility index (Phi) is 5.89. The molecule has 0 saturated carbocycles. The summed E-state index contributed by atoms with van der Waals surface area (Å²) in [4.78, 5) is 14.7. The fourth-order valence-corrected chi connectivity index (χ4v) is 4.65. The molecule has 2 aliphatic rings. The zero-order valence-electron chi connectivity index (χ0n) is 15.8. The van der Waals surface area contributed by atoms with Gasteiger partial charge in [-0.05, 0) is 47.0 Å². The number of halogens is 2. The summed E-state index contributed by atoms with van der Waals surface area (Å²) in [7, 11) is 0. The molecule has 0 aromatic heterocycles. The lowest BCUT2D eigenvalue weighted by Gasteiger charge is -2.44. The van der Waals surface area contributed by atoms with Crippen molar-refractivity contribution in [3.8, 4) is 0 Å². The van der Waals surface area contributed by atoms with Gasteiger partial charge in [-0.2, -0.15) is 0 Å². The first-order valence-corrected chi connectivity index (χ1v) is 10.1. The van der Waals surface area contributed by atoms with Crippen molar-refractivity contribution in [1.29, 1.82) is 0 Å². The smallest absolute Gasteiger partial charge is 0.411 e. The number of carbonyl (C=O) groups is 1. The minimum absolute atomic E-state index is 0.0284. The summed E-state index contributed by atoms with van der Waals surface area (Å²) in [5, 5.41) is 0. The van der Waals surface area contributed by atoms with Crippen LogP contribution >= 0.6 is 15.9 Å². The summed E-state index contributed by atoms with van der Waals surface area (Å²) < 4.78 is 20.5. The van der Waals surface area contributed by atoms with E-state index in [2.05, 4.69) is 48.5 Å². The molecule has 0 N–H and O–H groups in total. The maximum Gasteiger partial charge on any atom is 0.411 e. The molecule has 3 rings (SSSR count). The SMILES string of the molecule is C=CC[C@]1(c2ccc(F)cc2)CCN([C@@H](C)C2=CC=C(Br)CC2C)C(=O)O1. The number of benzene rings is 1. The molecule has 0 spiro atoms. The molecule has 3 atom stereocenters. The molecule has 1 aliphatic heterocycles. The zero-order chi connectivity index (χ0) is 19.6. The number of rotatable bonds is 5. The molecule has 1 fully saturated rings. The van der Waals surface area contributed by atoms with E-state index in [4.69, 9.17) is 4.74 Å². The number of hydrogen-bond acceptors (Lipinski definition) is 2. The van der Waals surface area contributed by atoms with Gasteiger partial charge in [-0.3, -0.25) is 0 Å². The third-order valence-electron chi connectivity index (χ3n) is 5.59. The van der Waals surface area contributed by atoms with Crippen molar-refractivity contribution < 1.29 is 13.9 Å². The topological polar surface area (TPSA) is 29.5 Å². The van der Waals surface area contributed by atoms with Crippen molar-refractivity contribution >= 4 is 22.0 Å². The average Bonchev–Trinajstić information content (AvgIpc) is 2.62. The van der Waals surface area contributed by atoms with Crippen LogP contribution in [0.25, 0.3) is 0 Å². The quantitative estimate of drug-likeness (QED) is 0.527. The van der Waals surface area contributed by atoms with Gasteiger partial charge in [0.05, 0.1) is 6.04 Å². The van der Waals surface area contributed by atoms with Crippen molar-refractivity contribution in [2.45, 2.75) is 44.8 Å². The number of allylic oxidation sites excluding steroid dienone is 3. The molecule has 144 valence electrons. The number of hydrogen-bond donors (Lipinski definition) is 0. The van der Waals surface area contributed by atoms with Crippen molar-refractivity contribution in [3.63, 3.8) is 0 Å². The van der Waals surface area contributed by atoms with E-state index < -0.39 is 5.60 Å². The van der Waals surface area contributed by atoms with Crippen LogP contribution in [0, 0.1) is 11.7 Å². The minimum atomic E-state index is -0.780. The molecule has 27 heavy (non-hydrogen) atoms. The minimum Gasteiger partial charge on any atom is -0.437 e. The summed E-state index contributed by atoms with van der Waals surface area (Å²) in [6.45, 7) is 8.62. The Bertz CT molecular complexity index is 786. The van der Waals surface area contributed by atoms with Crippen molar-refractivity contribution in [3.05, 3.63) is 70.5 Å². The van der Waals surface area contributed by atoms with Gasteiger partial charge in [0.1, 0.15) is 11.4 Å². The predicted molar refractivity (Wildman–Crippen MR) is 109 cm³/mol. The summed E-state index contributed by atoms with van der Waals surface area (Å²) in [6, 6.07) is 6.17. The molecule has 1 aromatic rings. The third kappa shape index (κ3) is 4.03. The second-order valence-electron chi connectivity index (χ2n) is 7.37. The maximum atomic E-state index is 13.3. The largest absolute Gasteiger partial charge is 0.437 e. The standard InChI is InChI=1S/C22H25BrFNO2/c1-4-11-22(17-5-8-19(24)9-6-17)12-13-25(21(26)27-22)16(3)20-10-7-18(23)14-15(20)2/h4-10,15-16H,1,11-14H2,2-3H3/t15?,16-,22+/m0/s1. The second-order valence-corrected chi connectivity index (χ2v) is 8.39. The number of ether oxygens (including phenoxy) is 1. The first-order chi connectivity index (χ1) is 12.9. The van der Waals surface area contributed by atoms with E-state index in [9.17, 15) is 9.18 Å². The molecule has 0 bridgehead atoms. The summed E-state index contributed by atoms with van der Waals surface area (Å²) in [6.07, 6.45) is 7.66. The molecule has 5 heteroatoms. The molecule has 1 saturated heterocycles. The van der Waals surface area contributed by atoms with Gasteiger partial charge < -0.3 is 9.64 Å². The highest BCUT2D eigenvalue weighted by atomic mass is 79.9. The lowest BCUT2D eigenvalue weighted by molar-refractivity contribution is -0.0563. The lowest BCUT2D eigenvalue weighted by Crippen LogP contribution is -2.51. The average molecular weight is 434 g/mol. The molecule has 1 aliphatic carbocycles. The summed E-state index contributed by atoms with van der Waals surface area (Å²) in [5.41, 5.74) is 1.26. The first-order valence-electron chi connectivity index (χ1n) is 9.29. The van der Waals surface area contributed by atoms with Crippen LogP contribution in [0.3, 0.4) is 0 Å². The van der Waals surface area contributed by atoms with Gasteiger partial charge in [0.15, 0.2) is 0 Å². The lowest BCUT2D eigenvalue weighted by atomic mass is 9.84. The van der Waals surface area contributed by atoms with Crippen molar-refractivity contribution in [1.82, 2.24) is 4.90 Å². The molecule has 1 amide bonds. The van der Waals surface area contributed by atoms with E-state index in [1.165, 1.54) is 22.2 Å². The van der Waals surface area contributed by atoms with Crippen LogP contribution in [0.15, 0.2) is 59.1 Å². The molecule has 1 heterocycles. The number of carbonyl (C=O) groups excluding carboxylic acids is 1. The van der Waals surface area contributed by atoms with Crippen molar-refractivity contribution in [2.75, 3.05) is 6.54 Å². The first kappa shape index (κ1) is 19.9. The van der Waals surface area contributed by atoms with Gasteiger partial charge in [-0.1, -0.05) is 53.2 Å². The van der Waals surface area contributed by atoms with Gasteiger partial charge in [0.2, 0.25) is 0 Å². The Morgan fingerprint density at radius 1 is 1.41 bits per heavy atom. The molecular formula is C22H25BrFNO2. The molecule has 1 aromatic carbocycles. The Morgan fingerprint density at radius 2 is 2.11 bits per heavy atom. The van der Waals surface area contributed by atoms with Gasteiger partial charge >= 0.3 is 6.09 Å². The van der Waals surface area contributed by atoms with Gasteiger partial charge in [-0.15, -0.1) is 6.58 Å². The summed E-state index contributed by atoms with van der Waals surface area (Å²) in [5.74, 6) is 0.0615. The second kappa shape index (κ2) is 8.01. The van der Waals surface area contributed by atoms with Crippen LogP contribution in [0.2, 0.25) is 0 Å². The molecule has 1 unspecified atom stereocenters. The fraction of sp³-hybridized carbons (Fsp3) is 0.409. The van der Waals surface area contributed by atoms with Gasteiger partial charge in [0, 0.05) is 19.4 Å². The van der Waals surface area contributed by atoms with Crippen molar-refractivity contribution in [2.24, 2.45) is 5.92 Å². The van der Waals surface area contributed by atoms with Gasteiger partial charge in [0.25, 0.3) is 0 Å². The fourth-order valence-electron chi connectivity index (χ4n) is 4.03. The monoisotopic (exact) mass is 433 g/mol. The highest BCUT2D eigenvalue weighted by Gasteiger charge is 2.43. The molecular weight excluding hydrogens is 409 g/mol. The van der Waals surface area contributed by atoms with E-state index in [1.807, 2.05) is 0 Å². The van der Waals surface area contributed by atoms with Crippen LogP contribution in [0.4, 0.5) is 9.18 Å². The van der Waals surface area contributed by atoms with E-state index in [-0.39, 0.29) is 18.0 Å². The van der Waals surface area contributed by atoms with Crippen LogP contribution < -0.4 is 0 Å². The zero-order valence-corrected chi connectivity index (χ0v) is 17.3. The predicted octanol–water partition coefficient (Wildman–Crippen LogP) is 6.07. The van der Waals surface area contributed by atoms with Crippen LogP contribution in [-0.2, 0) is 10.3 Å². The Hall–Kier alpha value is -1.88.